The van der Waals surface area contributed by atoms with Crippen LogP contribution in [0.3, 0.4) is 0 Å². The van der Waals surface area contributed by atoms with Gasteiger partial charge in [-0.05, 0) is 44.0 Å². The van der Waals surface area contributed by atoms with Crippen LogP contribution in [0.15, 0.2) is 29.2 Å². The topological polar surface area (TPSA) is 83.5 Å². The van der Waals surface area contributed by atoms with Crippen LogP contribution in [0.5, 0.6) is 0 Å². The number of carbonyl (C=O) groups is 1. The zero-order valence-corrected chi connectivity index (χ0v) is 11.1. The zero-order valence-electron chi connectivity index (χ0n) is 10.3. The highest BCUT2D eigenvalue weighted by atomic mass is 32.2. The van der Waals surface area contributed by atoms with E-state index < -0.39 is 32.5 Å². The van der Waals surface area contributed by atoms with Gasteiger partial charge in [0.2, 0.25) is 0 Å². The number of rotatable bonds is 3. The normalized spacial score (nSPS) is 27.4. The first-order chi connectivity index (χ1) is 8.75. The van der Waals surface area contributed by atoms with Gasteiger partial charge in [0.15, 0.2) is 9.84 Å². The van der Waals surface area contributed by atoms with Crippen molar-refractivity contribution < 1.29 is 22.7 Å². The lowest BCUT2D eigenvalue weighted by Gasteiger charge is -2.20. The molecule has 1 fully saturated rings. The summed E-state index contributed by atoms with van der Waals surface area (Å²) in [7, 11) is -3.70. The summed E-state index contributed by atoms with van der Waals surface area (Å²) in [5.41, 5.74) is -1.24. The van der Waals surface area contributed by atoms with Crippen LogP contribution in [0.25, 0.3) is 0 Å². The van der Waals surface area contributed by atoms with Crippen LogP contribution < -0.4 is 5.32 Å². The standard InChI is InChI=1S/C12H14FNO4S/c1-12(11(15)16)7-6-10(14-12)19(17,18)9-4-2-8(13)3-5-9/h2-5,10,14H,6-7H2,1H3,(H,15,16). The first-order valence-electron chi connectivity index (χ1n) is 5.76. The largest absolute Gasteiger partial charge is 0.480 e. The summed E-state index contributed by atoms with van der Waals surface area (Å²) < 4.78 is 37.3. The van der Waals surface area contributed by atoms with E-state index in [2.05, 4.69) is 5.32 Å². The highest BCUT2D eigenvalue weighted by Crippen LogP contribution is 2.29. The summed E-state index contributed by atoms with van der Waals surface area (Å²) in [6.07, 6.45) is 0.440. The molecule has 1 heterocycles. The number of hydrogen-bond donors (Lipinski definition) is 2. The summed E-state index contributed by atoms with van der Waals surface area (Å²) >= 11 is 0. The van der Waals surface area contributed by atoms with Gasteiger partial charge in [-0.3, -0.25) is 10.1 Å². The van der Waals surface area contributed by atoms with Gasteiger partial charge in [0.25, 0.3) is 0 Å². The maximum Gasteiger partial charge on any atom is 0.323 e. The van der Waals surface area contributed by atoms with E-state index in [9.17, 15) is 17.6 Å². The molecule has 0 spiro atoms. The van der Waals surface area contributed by atoms with E-state index >= 15 is 0 Å². The van der Waals surface area contributed by atoms with Gasteiger partial charge in [0, 0.05) is 0 Å². The van der Waals surface area contributed by atoms with Crippen molar-refractivity contribution in [2.75, 3.05) is 0 Å². The number of halogens is 1. The summed E-state index contributed by atoms with van der Waals surface area (Å²) in [4.78, 5) is 11.1. The zero-order chi connectivity index (χ0) is 14.3. The van der Waals surface area contributed by atoms with Crippen molar-refractivity contribution in [1.82, 2.24) is 5.32 Å². The third-order valence-electron chi connectivity index (χ3n) is 3.37. The van der Waals surface area contributed by atoms with Gasteiger partial charge in [-0.25, -0.2) is 12.8 Å². The summed E-state index contributed by atoms with van der Waals surface area (Å²) in [5, 5.41) is 10.7. The minimum Gasteiger partial charge on any atom is -0.480 e. The van der Waals surface area contributed by atoms with Crippen molar-refractivity contribution in [3.63, 3.8) is 0 Å². The van der Waals surface area contributed by atoms with Gasteiger partial charge in [0.1, 0.15) is 16.7 Å². The Kier molecular flexibility index (Phi) is 3.36. The molecule has 0 saturated carbocycles. The first kappa shape index (κ1) is 14.0. The Bertz CT molecular complexity index is 599. The fourth-order valence-electron chi connectivity index (χ4n) is 2.11. The third kappa shape index (κ3) is 2.48. The molecule has 0 aliphatic carbocycles. The third-order valence-corrected chi connectivity index (χ3v) is 5.41. The second-order valence-corrected chi connectivity index (χ2v) is 6.94. The van der Waals surface area contributed by atoms with Gasteiger partial charge in [-0.1, -0.05) is 0 Å². The lowest BCUT2D eigenvalue weighted by Crippen LogP contribution is -2.49. The minimum atomic E-state index is -3.70. The number of carboxylic acid groups (broad SMARTS) is 1. The van der Waals surface area contributed by atoms with Crippen molar-refractivity contribution in [2.45, 2.75) is 35.6 Å². The number of benzene rings is 1. The predicted molar refractivity (Wildman–Crippen MR) is 65.8 cm³/mol. The molecule has 1 aromatic rings. The molecule has 1 aliphatic heterocycles. The SMILES string of the molecule is CC1(C(=O)O)CCC(S(=O)(=O)c2ccc(F)cc2)N1. The van der Waals surface area contributed by atoms with Gasteiger partial charge in [-0.15, -0.1) is 0 Å². The van der Waals surface area contributed by atoms with Crippen LogP contribution in [0, 0.1) is 5.82 Å². The molecule has 1 aliphatic rings. The van der Waals surface area contributed by atoms with Crippen LogP contribution in [0.4, 0.5) is 4.39 Å². The fourth-order valence-corrected chi connectivity index (χ4v) is 3.80. The number of aliphatic carboxylic acids is 1. The smallest absolute Gasteiger partial charge is 0.323 e. The van der Waals surface area contributed by atoms with Crippen molar-refractivity contribution in [3.05, 3.63) is 30.1 Å². The number of carboxylic acids is 1. The number of sulfone groups is 1. The molecule has 0 bridgehead atoms. The Morgan fingerprint density at radius 3 is 2.47 bits per heavy atom. The summed E-state index contributed by atoms with van der Waals surface area (Å²) in [6, 6.07) is 4.50. The summed E-state index contributed by atoms with van der Waals surface area (Å²) in [6.45, 7) is 1.45. The van der Waals surface area contributed by atoms with E-state index in [1.807, 2.05) is 0 Å². The van der Waals surface area contributed by atoms with E-state index in [1.54, 1.807) is 0 Å². The highest BCUT2D eigenvalue weighted by molar-refractivity contribution is 7.92. The molecule has 104 valence electrons. The lowest BCUT2D eigenvalue weighted by atomic mass is 10.0. The van der Waals surface area contributed by atoms with Gasteiger partial charge < -0.3 is 5.11 Å². The van der Waals surface area contributed by atoms with Crippen LogP contribution in [0.1, 0.15) is 19.8 Å². The number of nitrogens with one attached hydrogen (secondary N) is 1. The molecule has 1 saturated heterocycles. The Labute approximate surface area is 110 Å². The Morgan fingerprint density at radius 1 is 1.42 bits per heavy atom. The molecule has 2 unspecified atom stereocenters. The maximum atomic E-state index is 12.8. The molecule has 5 nitrogen and oxygen atoms in total. The highest BCUT2D eigenvalue weighted by Gasteiger charge is 2.45. The molecule has 0 amide bonds. The monoisotopic (exact) mass is 287 g/mol. The predicted octanol–water partition coefficient (Wildman–Crippen LogP) is 1.15. The van der Waals surface area contributed by atoms with Gasteiger partial charge in [0.05, 0.1) is 4.90 Å². The Morgan fingerprint density at radius 2 is 2.00 bits per heavy atom. The second-order valence-electron chi connectivity index (χ2n) is 4.81. The quantitative estimate of drug-likeness (QED) is 0.815. The molecule has 0 radical (unpaired) electrons. The van der Waals surface area contributed by atoms with Crippen molar-refractivity contribution in [1.29, 1.82) is 0 Å². The van der Waals surface area contributed by atoms with Gasteiger partial charge in [-0.2, -0.15) is 0 Å². The molecule has 2 atom stereocenters. The minimum absolute atomic E-state index is 0.0129. The van der Waals surface area contributed by atoms with Gasteiger partial charge >= 0.3 is 5.97 Å². The lowest BCUT2D eigenvalue weighted by molar-refractivity contribution is -0.143. The Balaban J connectivity index is 2.28. The van der Waals surface area contributed by atoms with Crippen LogP contribution in [-0.4, -0.2) is 30.4 Å². The molecule has 0 aromatic heterocycles. The van der Waals surface area contributed by atoms with E-state index in [1.165, 1.54) is 19.1 Å². The van der Waals surface area contributed by atoms with Crippen molar-refractivity contribution in [3.8, 4) is 0 Å². The van der Waals surface area contributed by atoms with E-state index in [0.29, 0.717) is 0 Å². The molecule has 19 heavy (non-hydrogen) atoms. The van der Waals surface area contributed by atoms with Crippen LogP contribution >= 0.6 is 0 Å². The average molecular weight is 287 g/mol. The second kappa shape index (κ2) is 4.57. The molecule has 7 heteroatoms. The molecule has 2 rings (SSSR count). The summed E-state index contributed by atoms with van der Waals surface area (Å²) in [5.74, 6) is -1.60. The average Bonchev–Trinajstić information content (AvgIpc) is 2.75. The van der Waals surface area contributed by atoms with E-state index in [4.69, 9.17) is 5.11 Å². The first-order valence-corrected chi connectivity index (χ1v) is 7.31. The molecular formula is C12H14FNO4S. The van der Waals surface area contributed by atoms with Crippen LogP contribution in [-0.2, 0) is 14.6 Å². The Hall–Kier alpha value is -1.47. The molecule has 2 N–H and O–H groups in total. The van der Waals surface area contributed by atoms with Crippen molar-refractivity contribution in [2.24, 2.45) is 0 Å². The van der Waals surface area contributed by atoms with E-state index in [-0.39, 0.29) is 17.7 Å². The van der Waals surface area contributed by atoms with Crippen molar-refractivity contribution >= 4 is 15.8 Å². The molecular weight excluding hydrogens is 273 g/mol. The maximum absolute atomic E-state index is 12.8. The molecule has 1 aromatic carbocycles. The number of hydrogen-bond acceptors (Lipinski definition) is 4. The van der Waals surface area contributed by atoms with Crippen LogP contribution in [0.2, 0.25) is 0 Å². The fraction of sp³-hybridized carbons (Fsp3) is 0.417. The van der Waals surface area contributed by atoms with E-state index in [0.717, 1.165) is 12.1 Å².